The van der Waals surface area contributed by atoms with Crippen molar-refractivity contribution in [2.75, 3.05) is 7.11 Å². The van der Waals surface area contributed by atoms with E-state index in [-0.39, 0.29) is 11.7 Å². The van der Waals surface area contributed by atoms with Crippen molar-refractivity contribution in [3.8, 4) is 17.1 Å². The summed E-state index contributed by atoms with van der Waals surface area (Å²) in [6, 6.07) is 15.0. The number of nitrogens with one attached hydrogen (secondary N) is 2. The standard InChI is InChI=1S/C23H26N4O3/c1-30-20-12-10-18(11-13-20)21(28)8-3-2-4-9-22(29)24-15-17-6-5-7-19(14-17)23-25-16-26-27-23/h5-7,10-14,16H,2-4,8-9,15H2,1H3,(H,24,29)(H,25,26,27). The van der Waals surface area contributed by atoms with Crippen molar-refractivity contribution in [3.05, 3.63) is 66.0 Å². The molecule has 2 N–H and O–H groups in total. The minimum atomic E-state index is 0.0153. The fourth-order valence-corrected chi connectivity index (χ4v) is 3.13. The molecule has 0 radical (unpaired) electrons. The first-order chi connectivity index (χ1) is 14.7. The molecule has 3 aromatic rings. The van der Waals surface area contributed by atoms with Crippen LogP contribution in [0.5, 0.6) is 5.75 Å². The maximum Gasteiger partial charge on any atom is 0.220 e. The number of H-pyrrole nitrogens is 1. The molecule has 1 heterocycles. The van der Waals surface area contributed by atoms with Crippen molar-refractivity contribution in [3.63, 3.8) is 0 Å². The molecule has 3 rings (SSSR count). The van der Waals surface area contributed by atoms with Gasteiger partial charge in [0.15, 0.2) is 11.6 Å². The van der Waals surface area contributed by atoms with Crippen LogP contribution in [-0.2, 0) is 11.3 Å². The van der Waals surface area contributed by atoms with Gasteiger partial charge in [0.05, 0.1) is 7.11 Å². The highest BCUT2D eigenvalue weighted by atomic mass is 16.5. The zero-order valence-electron chi connectivity index (χ0n) is 17.1. The topological polar surface area (TPSA) is 97.0 Å². The van der Waals surface area contributed by atoms with Crippen LogP contribution in [0.4, 0.5) is 0 Å². The maximum absolute atomic E-state index is 12.2. The molecule has 7 nitrogen and oxygen atoms in total. The van der Waals surface area contributed by atoms with Crippen molar-refractivity contribution < 1.29 is 14.3 Å². The molecule has 30 heavy (non-hydrogen) atoms. The number of Topliss-reactive ketones (excluding diaryl/α,β-unsaturated/α-hetero) is 1. The number of aromatic nitrogens is 3. The van der Waals surface area contributed by atoms with Gasteiger partial charge < -0.3 is 10.1 Å². The first-order valence-corrected chi connectivity index (χ1v) is 10.0. The quantitative estimate of drug-likeness (QED) is 0.371. The second-order valence-corrected chi connectivity index (χ2v) is 7.02. The smallest absolute Gasteiger partial charge is 0.220 e. The summed E-state index contributed by atoms with van der Waals surface area (Å²) in [6.45, 7) is 0.469. The van der Waals surface area contributed by atoms with Gasteiger partial charge in [-0.05, 0) is 48.7 Å². The summed E-state index contributed by atoms with van der Waals surface area (Å²) in [4.78, 5) is 28.4. The summed E-state index contributed by atoms with van der Waals surface area (Å²) in [5, 5.41) is 9.63. The van der Waals surface area contributed by atoms with E-state index in [2.05, 4.69) is 20.5 Å². The second kappa shape index (κ2) is 10.9. The number of hydrogen-bond acceptors (Lipinski definition) is 5. The van der Waals surface area contributed by atoms with Gasteiger partial charge in [-0.15, -0.1) is 0 Å². The van der Waals surface area contributed by atoms with Crippen LogP contribution in [0.2, 0.25) is 0 Å². The molecule has 0 spiro atoms. The Balaban J connectivity index is 1.32. The Morgan fingerprint density at radius 1 is 1.03 bits per heavy atom. The molecule has 0 saturated heterocycles. The average molecular weight is 406 g/mol. The maximum atomic E-state index is 12.2. The monoisotopic (exact) mass is 406 g/mol. The van der Waals surface area contributed by atoms with Crippen LogP contribution in [0, 0.1) is 0 Å². The van der Waals surface area contributed by atoms with E-state index in [9.17, 15) is 9.59 Å². The normalized spacial score (nSPS) is 10.6. The molecule has 0 saturated carbocycles. The number of hydrogen-bond donors (Lipinski definition) is 2. The number of ether oxygens (including phenoxy) is 1. The molecule has 1 aromatic heterocycles. The van der Waals surface area contributed by atoms with E-state index in [4.69, 9.17) is 4.74 Å². The van der Waals surface area contributed by atoms with Crippen LogP contribution >= 0.6 is 0 Å². The highest BCUT2D eigenvalue weighted by Crippen LogP contribution is 2.16. The molecule has 0 fully saturated rings. The van der Waals surface area contributed by atoms with Crippen LogP contribution < -0.4 is 10.1 Å². The summed E-state index contributed by atoms with van der Waals surface area (Å²) in [5.74, 6) is 1.57. The van der Waals surface area contributed by atoms with E-state index in [0.29, 0.717) is 30.8 Å². The average Bonchev–Trinajstić information content (AvgIpc) is 3.33. The largest absolute Gasteiger partial charge is 0.497 e. The van der Waals surface area contributed by atoms with Crippen molar-refractivity contribution in [2.24, 2.45) is 0 Å². The van der Waals surface area contributed by atoms with Gasteiger partial charge in [0, 0.05) is 30.5 Å². The van der Waals surface area contributed by atoms with E-state index >= 15 is 0 Å². The number of methoxy groups -OCH3 is 1. The summed E-state index contributed by atoms with van der Waals surface area (Å²) in [5.41, 5.74) is 2.63. The second-order valence-electron chi connectivity index (χ2n) is 7.02. The number of amides is 1. The first kappa shape index (κ1) is 21.2. The summed E-state index contributed by atoms with van der Waals surface area (Å²) in [6.07, 6.45) is 4.79. The van der Waals surface area contributed by atoms with Gasteiger partial charge in [-0.25, -0.2) is 4.98 Å². The Hall–Kier alpha value is -3.48. The van der Waals surface area contributed by atoms with Crippen molar-refractivity contribution in [2.45, 2.75) is 38.6 Å². The van der Waals surface area contributed by atoms with Gasteiger partial charge >= 0.3 is 0 Å². The number of ketones is 1. The fraction of sp³-hybridized carbons (Fsp3) is 0.304. The molecule has 0 atom stereocenters. The van der Waals surface area contributed by atoms with Gasteiger partial charge in [0.1, 0.15) is 12.1 Å². The van der Waals surface area contributed by atoms with Crippen LogP contribution in [0.25, 0.3) is 11.4 Å². The van der Waals surface area contributed by atoms with Gasteiger partial charge in [0.2, 0.25) is 5.91 Å². The number of rotatable bonds is 11. The van der Waals surface area contributed by atoms with Gasteiger partial charge in [-0.1, -0.05) is 24.6 Å². The summed E-state index contributed by atoms with van der Waals surface area (Å²) in [7, 11) is 1.60. The van der Waals surface area contributed by atoms with E-state index < -0.39 is 0 Å². The third-order valence-corrected chi connectivity index (χ3v) is 4.82. The number of benzene rings is 2. The van der Waals surface area contributed by atoms with E-state index in [1.165, 1.54) is 6.33 Å². The molecular formula is C23H26N4O3. The van der Waals surface area contributed by atoms with Gasteiger partial charge in [0.25, 0.3) is 0 Å². The van der Waals surface area contributed by atoms with Crippen LogP contribution in [0.3, 0.4) is 0 Å². The van der Waals surface area contributed by atoms with Crippen LogP contribution in [0.15, 0.2) is 54.9 Å². The van der Waals surface area contributed by atoms with Crippen molar-refractivity contribution in [1.82, 2.24) is 20.5 Å². The molecule has 0 bridgehead atoms. The predicted molar refractivity (Wildman–Crippen MR) is 114 cm³/mol. The third kappa shape index (κ3) is 6.27. The number of carbonyl (C=O) groups is 2. The third-order valence-electron chi connectivity index (χ3n) is 4.82. The molecule has 0 aliphatic carbocycles. The van der Waals surface area contributed by atoms with Crippen molar-refractivity contribution in [1.29, 1.82) is 0 Å². The SMILES string of the molecule is COc1ccc(C(=O)CCCCCC(=O)NCc2cccc(-c3ncn[nH]3)c2)cc1. The minimum Gasteiger partial charge on any atom is -0.497 e. The highest BCUT2D eigenvalue weighted by Gasteiger charge is 2.07. The fourth-order valence-electron chi connectivity index (χ4n) is 3.13. The number of unbranched alkanes of at least 4 members (excludes halogenated alkanes) is 2. The summed E-state index contributed by atoms with van der Waals surface area (Å²) >= 11 is 0. The molecule has 0 unspecified atom stereocenters. The van der Waals surface area contributed by atoms with E-state index in [1.54, 1.807) is 31.4 Å². The Labute approximate surface area is 175 Å². The molecule has 7 heteroatoms. The predicted octanol–water partition coefficient (Wildman–Crippen LogP) is 3.93. The zero-order valence-corrected chi connectivity index (χ0v) is 17.1. The molecular weight excluding hydrogens is 380 g/mol. The Morgan fingerprint density at radius 3 is 2.57 bits per heavy atom. The number of nitrogens with zero attached hydrogens (tertiary/aromatic N) is 2. The highest BCUT2D eigenvalue weighted by molar-refractivity contribution is 5.96. The summed E-state index contributed by atoms with van der Waals surface area (Å²) < 4.78 is 5.10. The lowest BCUT2D eigenvalue weighted by molar-refractivity contribution is -0.121. The first-order valence-electron chi connectivity index (χ1n) is 10.0. The lowest BCUT2D eigenvalue weighted by atomic mass is 10.0. The molecule has 1 amide bonds. The van der Waals surface area contributed by atoms with Crippen LogP contribution in [0.1, 0.15) is 48.0 Å². The minimum absolute atomic E-state index is 0.0153. The Kier molecular flexibility index (Phi) is 7.71. The number of carbonyl (C=O) groups excluding carboxylic acids is 2. The Morgan fingerprint density at radius 2 is 1.83 bits per heavy atom. The zero-order chi connectivity index (χ0) is 21.2. The molecule has 0 aliphatic heterocycles. The van der Waals surface area contributed by atoms with Gasteiger partial charge in [-0.3, -0.25) is 14.7 Å². The Bertz CT molecular complexity index is 953. The lowest BCUT2D eigenvalue weighted by Gasteiger charge is -2.07. The van der Waals surface area contributed by atoms with E-state index in [0.717, 1.165) is 36.1 Å². The van der Waals surface area contributed by atoms with Gasteiger partial charge in [-0.2, -0.15) is 5.10 Å². The van der Waals surface area contributed by atoms with E-state index in [1.807, 2.05) is 24.3 Å². The van der Waals surface area contributed by atoms with Crippen LogP contribution in [-0.4, -0.2) is 34.0 Å². The number of aromatic amines is 1. The molecule has 156 valence electrons. The molecule has 2 aromatic carbocycles. The van der Waals surface area contributed by atoms with Crippen molar-refractivity contribution >= 4 is 11.7 Å². The lowest BCUT2D eigenvalue weighted by Crippen LogP contribution is -2.22. The molecule has 0 aliphatic rings.